The highest BCUT2D eigenvalue weighted by molar-refractivity contribution is 6.24. The molecule has 0 radical (unpaired) electrons. The van der Waals surface area contributed by atoms with Crippen LogP contribution in [0.25, 0.3) is 23.8 Å². The third-order valence-corrected chi connectivity index (χ3v) is 11.8. The van der Waals surface area contributed by atoms with E-state index in [2.05, 4.69) is 93.9 Å². The Bertz CT molecular complexity index is 2180. The van der Waals surface area contributed by atoms with E-state index in [1.54, 1.807) is 0 Å². The zero-order valence-corrected chi connectivity index (χ0v) is 33.1. The number of fused-ring (bicyclic) bond motifs is 7. The molecule has 5 heterocycles. The molecule has 0 saturated carbocycles. The second-order valence-corrected chi connectivity index (χ2v) is 15.6. The number of ketones is 1. The molecule has 4 N–H and O–H groups in total. The number of allylic oxidation sites excluding steroid dienone is 3. The summed E-state index contributed by atoms with van der Waals surface area (Å²) in [5.74, 6) is -1.86. The average Bonchev–Trinajstić information content (AvgIpc) is 3.85. The molecule has 0 spiro atoms. The van der Waals surface area contributed by atoms with Gasteiger partial charge in [0.15, 0.2) is 5.78 Å². The number of carbonyl (C=O) groups excluding carboxylic acids is 3. The molecule has 0 amide bonds. The van der Waals surface area contributed by atoms with Gasteiger partial charge in [0, 0.05) is 68.6 Å². The number of hydrogen-bond donors (Lipinski definition) is 4. The predicted molar refractivity (Wildman–Crippen MR) is 210 cm³/mol. The largest absolute Gasteiger partial charge is 0.468 e. The first-order valence-electron chi connectivity index (χ1n) is 19.2. The number of aromatic amines is 3. The second-order valence-electron chi connectivity index (χ2n) is 15.6. The lowest BCUT2D eigenvalue weighted by atomic mass is 9.85. The van der Waals surface area contributed by atoms with Gasteiger partial charge in [0.1, 0.15) is 12.5 Å². The van der Waals surface area contributed by atoms with Crippen LogP contribution in [-0.4, -0.2) is 46.4 Å². The van der Waals surface area contributed by atoms with E-state index in [1.807, 2.05) is 13.0 Å². The van der Waals surface area contributed by atoms with Crippen molar-refractivity contribution < 1.29 is 23.9 Å². The predicted octanol–water partition coefficient (Wildman–Crippen LogP) is 7.13. The molecule has 3 aliphatic rings. The fourth-order valence-electron chi connectivity index (χ4n) is 8.36. The first-order valence-corrected chi connectivity index (χ1v) is 19.2. The van der Waals surface area contributed by atoms with Crippen molar-refractivity contribution >= 4 is 41.5 Å². The molecule has 3 aromatic heterocycles. The maximum Gasteiger partial charge on any atom is 0.321 e. The molecule has 1 fully saturated rings. The van der Waals surface area contributed by atoms with Gasteiger partial charge in [-0.25, -0.2) is 0 Å². The summed E-state index contributed by atoms with van der Waals surface area (Å²) in [6.07, 6.45) is 13.2. The van der Waals surface area contributed by atoms with Gasteiger partial charge in [0.2, 0.25) is 0 Å². The van der Waals surface area contributed by atoms with Crippen molar-refractivity contribution in [3.63, 3.8) is 0 Å². The van der Waals surface area contributed by atoms with Crippen LogP contribution < -0.4 is 16.0 Å². The van der Waals surface area contributed by atoms with Gasteiger partial charge in [-0.15, -0.1) is 0 Å². The molecule has 9 nitrogen and oxygen atoms in total. The van der Waals surface area contributed by atoms with Crippen LogP contribution in [0, 0.1) is 51.4 Å². The Kier molecular flexibility index (Phi) is 10.9. The molecule has 0 unspecified atom stereocenters. The van der Waals surface area contributed by atoms with Gasteiger partial charge in [-0.1, -0.05) is 39.7 Å². The van der Waals surface area contributed by atoms with Crippen molar-refractivity contribution in [2.24, 2.45) is 23.7 Å². The number of methoxy groups -OCH3 is 1. The van der Waals surface area contributed by atoms with Crippen molar-refractivity contribution in [3.8, 4) is 0 Å². The zero-order chi connectivity index (χ0) is 38.3. The normalized spacial score (nSPS) is 22.9. The lowest BCUT2D eigenvalue weighted by molar-refractivity contribution is -0.143. The van der Waals surface area contributed by atoms with Crippen molar-refractivity contribution in [3.05, 3.63) is 89.9 Å². The maximum absolute atomic E-state index is 14.3. The first-order chi connectivity index (χ1) is 25.2. The van der Waals surface area contributed by atoms with Crippen LogP contribution in [0.4, 0.5) is 0 Å². The number of nitrogens with one attached hydrogen (secondary N) is 4. The van der Waals surface area contributed by atoms with E-state index in [4.69, 9.17) is 9.47 Å². The lowest BCUT2D eigenvalue weighted by Gasteiger charge is -2.19. The van der Waals surface area contributed by atoms with Gasteiger partial charge < -0.3 is 29.7 Å². The summed E-state index contributed by atoms with van der Waals surface area (Å²) >= 11 is 0. The quantitative estimate of drug-likeness (QED) is 0.0949. The monoisotopic (exact) mass is 720 g/mol. The summed E-state index contributed by atoms with van der Waals surface area (Å²) in [5, 5.41) is 5.67. The fourth-order valence-corrected chi connectivity index (χ4v) is 8.36. The molecular weight excluding hydrogens is 665 g/mol. The van der Waals surface area contributed by atoms with Crippen molar-refractivity contribution in [1.82, 2.24) is 20.3 Å². The molecular formula is C44H56N4O5. The minimum absolute atomic E-state index is 0.0562. The molecule has 1 aliphatic carbocycles. The minimum atomic E-state index is -1.12. The van der Waals surface area contributed by atoms with Crippen molar-refractivity contribution in [2.45, 2.75) is 101 Å². The van der Waals surface area contributed by atoms with Crippen LogP contribution in [-0.2, 0) is 25.5 Å². The molecule has 8 bridgehead atoms. The highest BCUT2D eigenvalue weighted by Crippen LogP contribution is 2.48. The molecule has 3 atom stereocenters. The average molecular weight is 721 g/mol. The summed E-state index contributed by atoms with van der Waals surface area (Å²) in [4.78, 5) is 51.8. The number of hydrogen-bond acceptors (Lipinski definition) is 6. The van der Waals surface area contributed by atoms with Crippen LogP contribution in [0.5, 0.6) is 0 Å². The molecule has 6 rings (SSSR count). The Labute approximate surface area is 313 Å². The highest BCUT2D eigenvalue weighted by atomic mass is 16.5. The number of rotatable bonds is 11. The smallest absolute Gasteiger partial charge is 0.321 e. The summed E-state index contributed by atoms with van der Waals surface area (Å²) in [6.45, 7) is 19.4. The van der Waals surface area contributed by atoms with Crippen LogP contribution in [0.15, 0.2) is 23.0 Å². The number of carbonyl (C=O) groups is 3. The SMILES string of the molecule is CCc1c2[nH]c(c1C)/C=C1\N/C(=C3\c4[nH]c(c(C)c4C(=O)[C@@H]3C(=O)OC)/C=c3\[nH]/c(c(C)c3C)=C\2)[C@@H](CCC(=O)OC/C=C(\C)CCCC(C)C)[C@@H]1C. The number of H-pyrrole nitrogens is 3. The molecule has 9 heteroatoms. The summed E-state index contributed by atoms with van der Waals surface area (Å²) in [5.41, 5.74) is 13.0. The second kappa shape index (κ2) is 15.3. The van der Waals surface area contributed by atoms with E-state index in [-0.39, 0.29) is 36.6 Å². The van der Waals surface area contributed by atoms with Gasteiger partial charge in [-0.2, -0.15) is 0 Å². The van der Waals surface area contributed by atoms with E-state index in [1.165, 1.54) is 30.2 Å². The van der Waals surface area contributed by atoms with Crippen LogP contribution in [0.3, 0.4) is 0 Å². The number of ether oxygens (including phenoxy) is 2. The lowest BCUT2D eigenvalue weighted by Crippen LogP contribution is -2.25. The first kappa shape index (κ1) is 38.0. The third-order valence-electron chi connectivity index (χ3n) is 11.8. The van der Waals surface area contributed by atoms with Crippen LogP contribution in [0.1, 0.15) is 128 Å². The van der Waals surface area contributed by atoms with E-state index < -0.39 is 11.9 Å². The summed E-state index contributed by atoms with van der Waals surface area (Å²) in [6, 6.07) is 0. The minimum Gasteiger partial charge on any atom is -0.468 e. The van der Waals surface area contributed by atoms with Crippen LogP contribution in [0.2, 0.25) is 0 Å². The van der Waals surface area contributed by atoms with E-state index in [9.17, 15) is 14.4 Å². The number of aromatic nitrogens is 3. The Balaban J connectivity index is 1.46. The standard InChI is InChI=1S/C44H56N4O5/c1-11-29-26(7)33-20-34-27(8)30(15-16-37(49)53-18-17-23(4)14-12-13-22(2)3)41(47-34)39-40(44(51)52-10)43(50)38-28(9)35(48-42(38)39)19-31-24(5)25(6)32(45-31)21-36(29)46-33/h17,19-22,27,30,40,45-48H,11-16,18H2,1-10H3/b23-17+,31-19-,32-21-,34-20-,41-39-/t27-,30-,40+/m0/s1. The molecule has 1 saturated heterocycles. The Morgan fingerprint density at radius 1 is 0.906 bits per heavy atom. The third kappa shape index (κ3) is 7.15. The Hall–Kier alpha value is -4.79. The highest BCUT2D eigenvalue weighted by Gasteiger charge is 2.48. The molecule has 282 valence electrons. The molecule has 53 heavy (non-hydrogen) atoms. The Morgan fingerprint density at radius 2 is 1.58 bits per heavy atom. The molecule has 2 aliphatic heterocycles. The van der Waals surface area contributed by atoms with Gasteiger partial charge in [-0.05, 0) is 118 Å². The van der Waals surface area contributed by atoms with E-state index >= 15 is 0 Å². The van der Waals surface area contributed by atoms with E-state index in [0.29, 0.717) is 29.2 Å². The fraction of sp³-hybridized carbons (Fsp3) is 0.477. The maximum atomic E-state index is 14.3. The van der Waals surface area contributed by atoms with Gasteiger partial charge in [-0.3, -0.25) is 14.4 Å². The molecule has 3 aromatic rings. The summed E-state index contributed by atoms with van der Waals surface area (Å²) < 4.78 is 11.0. The van der Waals surface area contributed by atoms with Crippen LogP contribution >= 0.6 is 0 Å². The summed E-state index contributed by atoms with van der Waals surface area (Å²) in [7, 11) is 1.32. The topological polar surface area (TPSA) is 129 Å². The Morgan fingerprint density at radius 3 is 2.25 bits per heavy atom. The van der Waals surface area contributed by atoms with Gasteiger partial charge in [0.25, 0.3) is 0 Å². The number of Topliss-reactive ketones (excluding diaryl/α,β-unsaturated/α-hetero) is 1. The van der Waals surface area contributed by atoms with Gasteiger partial charge in [0.05, 0.1) is 12.8 Å². The van der Waals surface area contributed by atoms with Gasteiger partial charge >= 0.3 is 11.9 Å². The molecule has 0 aromatic carbocycles. The van der Waals surface area contributed by atoms with Crippen molar-refractivity contribution in [1.29, 1.82) is 0 Å². The zero-order valence-electron chi connectivity index (χ0n) is 33.1. The number of esters is 2. The van der Waals surface area contributed by atoms with E-state index in [0.717, 1.165) is 75.1 Å². The van der Waals surface area contributed by atoms with Crippen molar-refractivity contribution in [2.75, 3.05) is 13.7 Å².